The van der Waals surface area contributed by atoms with E-state index in [4.69, 9.17) is 0 Å². The van der Waals surface area contributed by atoms with Gasteiger partial charge in [-0.25, -0.2) is 0 Å². The second kappa shape index (κ2) is 4.46. The molecule has 0 saturated heterocycles. The maximum absolute atomic E-state index is 12.2. The molecule has 0 spiro atoms. The third-order valence-electron chi connectivity index (χ3n) is 2.29. The van der Waals surface area contributed by atoms with E-state index in [0.29, 0.717) is 0 Å². The highest BCUT2D eigenvalue weighted by atomic mass is 32.2. The van der Waals surface area contributed by atoms with E-state index in [-0.39, 0.29) is 11.1 Å². The van der Waals surface area contributed by atoms with Gasteiger partial charge >= 0.3 is 15.5 Å². The van der Waals surface area contributed by atoms with Crippen LogP contribution in [0.1, 0.15) is 26.3 Å². The van der Waals surface area contributed by atoms with Crippen molar-refractivity contribution in [3.63, 3.8) is 0 Å². The topological polar surface area (TPSA) is 46.2 Å². The van der Waals surface area contributed by atoms with Gasteiger partial charge in [-0.15, -0.1) is 0 Å². The predicted octanol–water partition coefficient (Wildman–Crippen LogP) is 3.25. The third kappa shape index (κ3) is 3.38. The molecule has 0 aromatic heterocycles. The number of halogens is 3. The lowest BCUT2D eigenvalue weighted by atomic mass is 9.87. The lowest BCUT2D eigenvalue weighted by Crippen LogP contribution is -2.30. The van der Waals surface area contributed by atoms with Crippen molar-refractivity contribution in [2.24, 2.45) is 0 Å². The van der Waals surface area contributed by atoms with Crippen molar-refractivity contribution in [3.05, 3.63) is 29.8 Å². The first-order valence-corrected chi connectivity index (χ1v) is 6.61. The maximum Gasteiger partial charge on any atom is 0.516 e. The van der Waals surface area contributed by atoms with Gasteiger partial charge < -0.3 is 0 Å². The minimum absolute atomic E-state index is 0.0975. The van der Waals surface area contributed by atoms with Gasteiger partial charge in [-0.2, -0.15) is 21.6 Å². The molecule has 1 rings (SSSR count). The highest BCUT2D eigenvalue weighted by Gasteiger charge is 2.46. The SMILES string of the molecule is CC(C)(C)c1cccc(NS(=O)(=O)C(F)(F)F)c1. The Balaban J connectivity index is 3.08. The minimum atomic E-state index is -5.36. The Kier molecular flexibility index (Phi) is 3.67. The monoisotopic (exact) mass is 281 g/mol. The van der Waals surface area contributed by atoms with Crippen LogP contribution < -0.4 is 4.72 Å². The Labute approximate surface area is 104 Å². The molecule has 0 heterocycles. The van der Waals surface area contributed by atoms with E-state index in [2.05, 4.69) is 0 Å². The molecule has 0 amide bonds. The molecular weight excluding hydrogens is 267 g/mol. The molecule has 0 unspecified atom stereocenters. The van der Waals surface area contributed by atoms with Crippen molar-refractivity contribution in [2.75, 3.05) is 4.72 Å². The van der Waals surface area contributed by atoms with E-state index in [0.717, 1.165) is 5.56 Å². The fourth-order valence-corrected chi connectivity index (χ4v) is 1.82. The average molecular weight is 281 g/mol. The van der Waals surface area contributed by atoms with Crippen LogP contribution in [0.15, 0.2) is 24.3 Å². The molecule has 7 heteroatoms. The summed E-state index contributed by atoms with van der Waals surface area (Å²) in [4.78, 5) is 0. The number of anilines is 1. The second-order valence-corrected chi connectivity index (χ2v) is 6.56. The van der Waals surface area contributed by atoms with Gasteiger partial charge in [-0.1, -0.05) is 32.9 Å². The van der Waals surface area contributed by atoms with Gasteiger partial charge in [0.1, 0.15) is 0 Å². The van der Waals surface area contributed by atoms with Crippen molar-refractivity contribution in [1.29, 1.82) is 0 Å². The van der Waals surface area contributed by atoms with Crippen molar-refractivity contribution in [3.8, 4) is 0 Å². The zero-order valence-corrected chi connectivity index (χ0v) is 11.0. The molecular formula is C11H14F3NO2S. The van der Waals surface area contributed by atoms with Crippen LogP contribution in [0, 0.1) is 0 Å². The van der Waals surface area contributed by atoms with E-state index in [1.54, 1.807) is 6.07 Å². The van der Waals surface area contributed by atoms with Gasteiger partial charge in [-0.3, -0.25) is 4.72 Å². The van der Waals surface area contributed by atoms with Crippen LogP contribution in [0.5, 0.6) is 0 Å². The molecule has 0 atom stereocenters. The van der Waals surface area contributed by atoms with Gasteiger partial charge in [0.25, 0.3) is 0 Å². The number of rotatable bonds is 2. The van der Waals surface area contributed by atoms with Gasteiger partial charge in [0, 0.05) is 5.69 Å². The summed E-state index contributed by atoms with van der Waals surface area (Å²) in [5.41, 5.74) is -4.95. The summed E-state index contributed by atoms with van der Waals surface area (Å²) in [6.45, 7) is 5.64. The molecule has 0 saturated carbocycles. The Morgan fingerprint density at radius 1 is 1.11 bits per heavy atom. The highest BCUT2D eigenvalue weighted by molar-refractivity contribution is 7.93. The number of nitrogens with one attached hydrogen (secondary N) is 1. The molecule has 0 radical (unpaired) electrons. The van der Waals surface area contributed by atoms with Gasteiger partial charge in [0.15, 0.2) is 0 Å². The summed E-state index contributed by atoms with van der Waals surface area (Å²) < 4.78 is 60.0. The summed E-state index contributed by atoms with van der Waals surface area (Å²) >= 11 is 0. The van der Waals surface area contributed by atoms with Crippen LogP contribution in [0.4, 0.5) is 18.9 Å². The van der Waals surface area contributed by atoms with Crippen LogP contribution >= 0.6 is 0 Å². The fraction of sp³-hybridized carbons (Fsp3) is 0.455. The maximum atomic E-state index is 12.2. The van der Waals surface area contributed by atoms with E-state index in [1.807, 2.05) is 20.8 Å². The van der Waals surface area contributed by atoms with Crippen LogP contribution in [0.2, 0.25) is 0 Å². The van der Waals surface area contributed by atoms with Gasteiger partial charge in [0.2, 0.25) is 0 Å². The fourth-order valence-electron chi connectivity index (χ4n) is 1.26. The van der Waals surface area contributed by atoms with Crippen LogP contribution in [0.3, 0.4) is 0 Å². The molecule has 0 bridgehead atoms. The Morgan fingerprint density at radius 2 is 1.67 bits per heavy atom. The summed E-state index contributed by atoms with van der Waals surface area (Å²) in [5, 5.41) is 0. The lowest BCUT2D eigenvalue weighted by Gasteiger charge is -2.20. The third-order valence-corrected chi connectivity index (χ3v) is 3.40. The van der Waals surface area contributed by atoms with Crippen LogP contribution in [0.25, 0.3) is 0 Å². The number of alkyl halides is 3. The van der Waals surface area contributed by atoms with Crippen molar-refractivity contribution in [2.45, 2.75) is 31.7 Å². The van der Waals surface area contributed by atoms with Crippen LogP contribution in [-0.4, -0.2) is 13.9 Å². The summed E-state index contributed by atoms with van der Waals surface area (Å²) in [7, 11) is -5.36. The standard InChI is InChI=1S/C11H14F3NO2S/c1-10(2,3)8-5-4-6-9(7-8)15-18(16,17)11(12,13)14/h4-7,15H,1-3H3. The largest absolute Gasteiger partial charge is 0.516 e. The molecule has 18 heavy (non-hydrogen) atoms. The summed E-state index contributed by atoms with van der Waals surface area (Å²) in [6.07, 6.45) is 0. The quantitative estimate of drug-likeness (QED) is 0.904. The number of hydrogen-bond donors (Lipinski definition) is 1. The number of hydrogen-bond acceptors (Lipinski definition) is 2. The minimum Gasteiger partial charge on any atom is -0.276 e. The molecule has 3 nitrogen and oxygen atoms in total. The first-order valence-electron chi connectivity index (χ1n) is 5.13. The number of benzene rings is 1. The van der Waals surface area contributed by atoms with E-state index in [1.165, 1.54) is 22.9 Å². The van der Waals surface area contributed by atoms with Gasteiger partial charge in [0.05, 0.1) is 0 Å². The zero-order chi connectivity index (χ0) is 14.2. The second-order valence-electron chi connectivity index (χ2n) is 4.88. The van der Waals surface area contributed by atoms with Crippen molar-refractivity contribution in [1.82, 2.24) is 0 Å². The molecule has 1 aromatic carbocycles. The highest BCUT2D eigenvalue weighted by Crippen LogP contribution is 2.28. The Bertz CT molecular complexity index is 530. The smallest absolute Gasteiger partial charge is 0.276 e. The van der Waals surface area contributed by atoms with Gasteiger partial charge in [-0.05, 0) is 23.1 Å². The lowest BCUT2D eigenvalue weighted by molar-refractivity contribution is -0.0429. The molecule has 0 aliphatic heterocycles. The van der Waals surface area contributed by atoms with E-state index in [9.17, 15) is 21.6 Å². The average Bonchev–Trinajstić information content (AvgIpc) is 2.14. The first kappa shape index (κ1) is 14.8. The van der Waals surface area contributed by atoms with Crippen LogP contribution in [-0.2, 0) is 15.4 Å². The molecule has 102 valence electrons. The Morgan fingerprint density at radius 3 is 2.11 bits per heavy atom. The molecule has 0 fully saturated rings. The van der Waals surface area contributed by atoms with E-state index < -0.39 is 15.5 Å². The Hall–Kier alpha value is -1.24. The number of sulfonamides is 1. The van der Waals surface area contributed by atoms with E-state index >= 15 is 0 Å². The zero-order valence-electron chi connectivity index (χ0n) is 10.2. The van der Waals surface area contributed by atoms with Crippen molar-refractivity contribution < 1.29 is 21.6 Å². The molecule has 0 aliphatic carbocycles. The summed E-state index contributed by atoms with van der Waals surface area (Å²) in [6, 6.07) is 5.90. The molecule has 0 aliphatic rings. The first-order chi connectivity index (χ1) is 7.93. The molecule has 1 aromatic rings. The predicted molar refractivity (Wildman–Crippen MR) is 63.7 cm³/mol. The summed E-state index contributed by atoms with van der Waals surface area (Å²) in [5.74, 6) is 0. The normalized spacial score (nSPS) is 13.4. The molecule has 1 N–H and O–H groups in total. The van der Waals surface area contributed by atoms with Crippen molar-refractivity contribution >= 4 is 15.7 Å².